The second-order valence-corrected chi connectivity index (χ2v) is 5.71. The molecule has 0 spiro atoms. The van der Waals surface area contributed by atoms with Crippen LogP contribution in [0.1, 0.15) is 44.2 Å². The lowest BCUT2D eigenvalue weighted by Gasteiger charge is -2.34. The van der Waals surface area contributed by atoms with Crippen LogP contribution in [0, 0.1) is 11.6 Å². The molecule has 0 bridgehead atoms. The summed E-state index contributed by atoms with van der Waals surface area (Å²) < 4.78 is 26.6. The van der Waals surface area contributed by atoms with Crippen molar-refractivity contribution in [2.45, 2.75) is 44.7 Å². The lowest BCUT2D eigenvalue weighted by Crippen LogP contribution is -2.39. The minimum atomic E-state index is -0.508. The van der Waals surface area contributed by atoms with Crippen LogP contribution in [0.3, 0.4) is 0 Å². The van der Waals surface area contributed by atoms with Gasteiger partial charge in [-0.15, -0.1) is 0 Å². The first-order valence-electron chi connectivity index (χ1n) is 7.47. The van der Waals surface area contributed by atoms with Crippen LogP contribution in [0.2, 0.25) is 0 Å². The van der Waals surface area contributed by atoms with Crippen molar-refractivity contribution >= 4 is 0 Å². The summed E-state index contributed by atoms with van der Waals surface area (Å²) in [5.41, 5.74) is 0.690. The topological polar surface area (TPSA) is 15.3 Å². The fourth-order valence-corrected chi connectivity index (χ4v) is 3.04. The lowest BCUT2D eigenvalue weighted by atomic mass is 10.00. The Morgan fingerprint density at radius 2 is 1.95 bits per heavy atom. The first-order valence-corrected chi connectivity index (χ1v) is 7.47. The predicted molar refractivity (Wildman–Crippen MR) is 77.7 cm³/mol. The third kappa shape index (κ3) is 4.00. The molecule has 0 radical (unpaired) electrons. The number of halogens is 2. The van der Waals surface area contributed by atoms with E-state index in [4.69, 9.17) is 0 Å². The van der Waals surface area contributed by atoms with Gasteiger partial charge in [-0.3, -0.25) is 0 Å². The van der Waals surface area contributed by atoms with E-state index in [0.29, 0.717) is 11.6 Å². The quantitative estimate of drug-likeness (QED) is 0.889. The van der Waals surface area contributed by atoms with Gasteiger partial charge in [0.1, 0.15) is 11.6 Å². The van der Waals surface area contributed by atoms with Gasteiger partial charge in [0.15, 0.2) is 0 Å². The summed E-state index contributed by atoms with van der Waals surface area (Å²) in [4.78, 5) is 2.48. The summed E-state index contributed by atoms with van der Waals surface area (Å²) in [5, 5.41) is 3.17. The monoisotopic (exact) mass is 282 g/mol. The number of nitrogens with zero attached hydrogens (tertiary/aromatic N) is 1. The van der Waals surface area contributed by atoms with Crippen molar-refractivity contribution < 1.29 is 8.78 Å². The Morgan fingerprint density at radius 1 is 1.25 bits per heavy atom. The molecule has 2 atom stereocenters. The van der Waals surface area contributed by atoms with Crippen molar-refractivity contribution in [2.75, 3.05) is 20.1 Å². The summed E-state index contributed by atoms with van der Waals surface area (Å²) in [6.45, 7) is 4.36. The SMILES string of the molecule is CNC(CCN1CCCCC1C)c1cc(F)cc(F)c1. The summed E-state index contributed by atoms with van der Waals surface area (Å²) in [7, 11) is 1.84. The molecule has 1 aliphatic heterocycles. The van der Waals surface area contributed by atoms with Crippen molar-refractivity contribution in [3.8, 4) is 0 Å². The Kier molecular flexibility index (Phi) is 5.49. The molecule has 1 heterocycles. The standard InChI is InChI=1S/C16H24F2N2/c1-12-5-3-4-7-20(12)8-6-16(19-2)13-9-14(17)11-15(18)10-13/h9-12,16,19H,3-8H2,1-2H3. The number of piperidine rings is 1. The molecule has 1 aromatic carbocycles. The van der Waals surface area contributed by atoms with E-state index in [1.165, 1.54) is 31.4 Å². The van der Waals surface area contributed by atoms with Gasteiger partial charge in [0.05, 0.1) is 0 Å². The number of rotatable bonds is 5. The minimum absolute atomic E-state index is 0.00525. The Labute approximate surface area is 120 Å². The van der Waals surface area contributed by atoms with Crippen molar-refractivity contribution in [1.82, 2.24) is 10.2 Å². The molecular weight excluding hydrogens is 258 g/mol. The van der Waals surface area contributed by atoms with Crippen LogP contribution in [0.5, 0.6) is 0 Å². The van der Waals surface area contributed by atoms with Crippen LogP contribution in [-0.2, 0) is 0 Å². The molecule has 1 fully saturated rings. The number of hydrogen-bond acceptors (Lipinski definition) is 2. The van der Waals surface area contributed by atoms with Crippen molar-refractivity contribution in [2.24, 2.45) is 0 Å². The van der Waals surface area contributed by atoms with E-state index in [0.717, 1.165) is 25.6 Å². The van der Waals surface area contributed by atoms with Crippen LogP contribution in [0.4, 0.5) is 8.78 Å². The highest BCUT2D eigenvalue weighted by atomic mass is 19.1. The Balaban J connectivity index is 1.97. The second kappa shape index (κ2) is 7.14. The van der Waals surface area contributed by atoms with Gasteiger partial charge >= 0.3 is 0 Å². The van der Waals surface area contributed by atoms with Gasteiger partial charge in [-0.05, 0) is 57.5 Å². The third-order valence-corrected chi connectivity index (χ3v) is 4.28. The summed E-state index contributed by atoms with van der Waals surface area (Å²) in [6.07, 6.45) is 4.67. The van der Waals surface area contributed by atoms with E-state index in [1.807, 2.05) is 7.05 Å². The molecular formula is C16H24F2N2. The molecule has 2 rings (SSSR count). The van der Waals surface area contributed by atoms with Gasteiger partial charge in [0.2, 0.25) is 0 Å². The summed E-state index contributed by atoms with van der Waals surface area (Å²) >= 11 is 0. The van der Waals surface area contributed by atoms with Crippen molar-refractivity contribution in [3.63, 3.8) is 0 Å². The number of benzene rings is 1. The van der Waals surface area contributed by atoms with Crippen LogP contribution in [0.25, 0.3) is 0 Å². The zero-order valence-electron chi connectivity index (χ0n) is 12.3. The highest BCUT2D eigenvalue weighted by molar-refractivity contribution is 5.21. The molecule has 0 aliphatic carbocycles. The molecule has 1 aromatic rings. The molecule has 20 heavy (non-hydrogen) atoms. The van der Waals surface area contributed by atoms with E-state index in [-0.39, 0.29) is 6.04 Å². The van der Waals surface area contributed by atoms with E-state index in [9.17, 15) is 8.78 Å². The minimum Gasteiger partial charge on any atom is -0.313 e. The van der Waals surface area contributed by atoms with E-state index < -0.39 is 11.6 Å². The Morgan fingerprint density at radius 3 is 2.55 bits per heavy atom. The predicted octanol–water partition coefficient (Wildman–Crippen LogP) is 3.49. The third-order valence-electron chi connectivity index (χ3n) is 4.28. The first-order chi connectivity index (χ1) is 9.60. The maximum atomic E-state index is 13.3. The number of hydrogen-bond donors (Lipinski definition) is 1. The van der Waals surface area contributed by atoms with Gasteiger partial charge < -0.3 is 10.2 Å². The first kappa shape index (κ1) is 15.4. The van der Waals surface area contributed by atoms with Gasteiger partial charge in [-0.2, -0.15) is 0 Å². The molecule has 0 saturated carbocycles. The Bertz CT molecular complexity index is 416. The normalized spacial score (nSPS) is 21.9. The fraction of sp³-hybridized carbons (Fsp3) is 0.625. The average molecular weight is 282 g/mol. The van der Waals surface area contributed by atoms with Crippen LogP contribution in [0.15, 0.2) is 18.2 Å². The molecule has 2 unspecified atom stereocenters. The maximum Gasteiger partial charge on any atom is 0.126 e. The lowest BCUT2D eigenvalue weighted by molar-refractivity contribution is 0.154. The zero-order valence-corrected chi connectivity index (χ0v) is 12.3. The van der Waals surface area contributed by atoms with Crippen LogP contribution < -0.4 is 5.32 Å². The molecule has 0 aromatic heterocycles. The van der Waals surface area contributed by atoms with E-state index >= 15 is 0 Å². The smallest absolute Gasteiger partial charge is 0.126 e. The summed E-state index contributed by atoms with van der Waals surface area (Å²) in [6, 6.07) is 4.37. The second-order valence-electron chi connectivity index (χ2n) is 5.71. The van der Waals surface area contributed by atoms with Gasteiger partial charge in [0, 0.05) is 24.7 Å². The molecule has 1 aliphatic rings. The zero-order chi connectivity index (χ0) is 14.5. The number of likely N-dealkylation sites (tertiary alicyclic amines) is 1. The molecule has 1 saturated heterocycles. The Hall–Kier alpha value is -1.00. The molecule has 1 N–H and O–H groups in total. The largest absolute Gasteiger partial charge is 0.313 e. The molecule has 0 amide bonds. The fourth-order valence-electron chi connectivity index (χ4n) is 3.04. The highest BCUT2D eigenvalue weighted by Gasteiger charge is 2.20. The van der Waals surface area contributed by atoms with E-state index in [1.54, 1.807) is 0 Å². The molecule has 112 valence electrons. The molecule has 4 heteroatoms. The van der Waals surface area contributed by atoms with Gasteiger partial charge in [-0.25, -0.2) is 8.78 Å². The van der Waals surface area contributed by atoms with Crippen LogP contribution >= 0.6 is 0 Å². The van der Waals surface area contributed by atoms with Crippen LogP contribution in [-0.4, -0.2) is 31.1 Å². The maximum absolute atomic E-state index is 13.3. The molecule has 2 nitrogen and oxygen atoms in total. The van der Waals surface area contributed by atoms with Crippen molar-refractivity contribution in [3.05, 3.63) is 35.4 Å². The average Bonchev–Trinajstić information content (AvgIpc) is 2.40. The number of nitrogens with one attached hydrogen (secondary N) is 1. The summed E-state index contributed by atoms with van der Waals surface area (Å²) in [5.74, 6) is -1.02. The van der Waals surface area contributed by atoms with E-state index in [2.05, 4.69) is 17.1 Å². The van der Waals surface area contributed by atoms with Crippen molar-refractivity contribution in [1.29, 1.82) is 0 Å². The van der Waals surface area contributed by atoms with Gasteiger partial charge in [-0.1, -0.05) is 6.42 Å². The van der Waals surface area contributed by atoms with Gasteiger partial charge in [0.25, 0.3) is 0 Å². The highest BCUT2D eigenvalue weighted by Crippen LogP contribution is 2.22.